The Kier molecular flexibility index (Phi) is 4.22. The average Bonchev–Trinajstić information content (AvgIpc) is 2.41. The summed E-state index contributed by atoms with van der Waals surface area (Å²) in [7, 11) is 1.44. The summed E-state index contributed by atoms with van der Waals surface area (Å²) >= 11 is 3.44. The number of nitrogens with zero attached hydrogens (tertiary/aromatic N) is 2. The molecule has 1 aromatic heterocycles. The molecule has 1 aliphatic rings. The molecule has 2 heterocycles. The first-order chi connectivity index (χ1) is 8.63. The second-order valence-corrected chi connectivity index (χ2v) is 5.32. The van der Waals surface area contributed by atoms with Crippen molar-refractivity contribution < 1.29 is 9.53 Å². The molecule has 0 bridgehead atoms. The van der Waals surface area contributed by atoms with Crippen molar-refractivity contribution in [3.8, 4) is 0 Å². The maximum atomic E-state index is 11.8. The lowest BCUT2D eigenvalue weighted by atomic mass is 10.0. The monoisotopic (exact) mass is 312 g/mol. The van der Waals surface area contributed by atoms with Gasteiger partial charge in [-0.2, -0.15) is 0 Å². The van der Waals surface area contributed by atoms with Crippen LogP contribution in [0.4, 0.5) is 5.82 Å². The summed E-state index contributed by atoms with van der Waals surface area (Å²) in [4.78, 5) is 18.4. The van der Waals surface area contributed by atoms with Crippen LogP contribution in [0.15, 0.2) is 16.6 Å². The van der Waals surface area contributed by atoms with E-state index in [2.05, 4.69) is 25.8 Å². The van der Waals surface area contributed by atoms with Crippen LogP contribution in [-0.2, 0) is 9.53 Å². The summed E-state index contributed by atoms with van der Waals surface area (Å²) in [6.45, 7) is 2.80. The minimum absolute atomic E-state index is 0.169. The first kappa shape index (κ1) is 13.3. The Bertz CT molecular complexity index is 451. The number of hydrogen-bond acceptors (Lipinski definition) is 4. The van der Waals surface area contributed by atoms with Gasteiger partial charge in [0.2, 0.25) is 0 Å². The third kappa shape index (κ3) is 2.66. The summed E-state index contributed by atoms with van der Waals surface area (Å²) in [5.74, 6) is 0.683. The topological polar surface area (TPSA) is 42.4 Å². The second kappa shape index (κ2) is 5.69. The maximum Gasteiger partial charge on any atom is 0.328 e. The highest BCUT2D eigenvalue weighted by Crippen LogP contribution is 2.26. The molecule has 1 aliphatic heterocycles. The van der Waals surface area contributed by atoms with Gasteiger partial charge in [-0.05, 0) is 54.2 Å². The normalized spacial score (nSPS) is 19.7. The molecule has 0 aromatic carbocycles. The van der Waals surface area contributed by atoms with Crippen LogP contribution >= 0.6 is 15.9 Å². The molecule has 0 aliphatic carbocycles. The van der Waals surface area contributed by atoms with Crippen molar-refractivity contribution in [2.75, 3.05) is 18.6 Å². The summed E-state index contributed by atoms with van der Waals surface area (Å²) in [5, 5.41) is 0. The highest BCUT2D eigenvalue weighted by Gasteiger charge is 2.30. The van der Waals surface area contributed by atoms with Crippen LogP contribution in [0.1, 0.15) is 25.0 Å². The van der Waals surface area contributed by atoms with Gasteiger partial charge in [0.25, 0.3) is 0 Å². The van der Waals surface area contributed by atoms with Gasteiger partial charge in [0.1, 0.15) is 11.9 Å². The van der Waals surface area contributed by atoms with Gasteiger partial charge in [-0.3, -0.25) is 0 Å². The SMILES string of the molecule is COC(=O)C1CCCCN1c1ccc(Br)c(C)n1. The number of rotatable bonds is 2. The largest absolute Gasteiger partial charge is 0.467 e. The van der Waals surface area contributed by atoms with Gasteiger partial charge in [-0.25, -0.2) is 9.78 Å². The molecule has 1 aromatic rings. The third-order valence-corrected chi connectivity index (χ3v) is 4.12. The number of hydrogen-bond donors (Lipinski definition) is 0. The molecule has 0 saturated carbocycles. The number of pyridine rings is 1. The number of halogens is 1. The predicted octanol–water partition coefficient (Wildman–Crippen LogP) is 2.68. The van der Waals surface area contributed by atoms with Crippen LogP contribution in [0.3, 0.4) is 0 Å². The molecular weight excluding hydrogens is 296 g/mol. The molecule has 0 radical (unpaired) electrons. The van der Waals surface area contributed by atoms with Crippen molar-refractivity contribution in [2.45, 2.75) is 32.2 Å². The molecule has 18 heavy (non-hydrogen) atoms. The van der Waals surface area contributed by atoms with E-state index in [1.54, 1.807) is 0 Å². The van der Waals surface area contributed by atoms with E-state index in [-0.39, 0.29) is 12.0 Å². The maximum absolute atomic E-state index is 11.8. The molecule has 1 atom stereocenters. The Morgan fingerprint density at radius 2 is 2.28 bits per heavy atom. The van der Waals surface area contributed by atoms with Crippen LogP contribution in [-0.4, -0.2) is 30.6 Å². The van der Waals surface area contributed by atoms with Gasteiger partial charge in [-0.15, -0.1) is 0 Å². The molecule has 5 heteroatoms. The smallest absolute Gasteiger partial charge is 0.328 e. The number of carbonyl (C=O) groups excluding carboxylic acids is 1. The van der Waals surface area contributed by atoms with Gasteiger partial charge in [0, 0.05) is 11.0 Å². The van der Waals surface area contributed by atoms with E-state index in [4.69, 9.17) is 4.74 Å². The predicted molar refractivity (Wildman–Crippen MR) is 73.7 cm³/mol. The Morgan fingerprint density at radius 1 is 1.50 bits per heavy atom. The van der Waals surface area contributed by atoms with Crippen LogP contribution < -0.4 is 4.90 Å². The van der Waals surface area contributed by atoms with E-state index in [1.165, 1.54) is 7.11 Å². The van der Waals surface area contributed by atoms with Crippen LogP contribution in [0.5, 0.6) is 0 Å². The second-order valence-electron chi connectivity index (χ2n) is 4.46. The fraction of sp³-hybridized carbons (Fsp3) is 0.538. The quantitative estimate of drug-likeness (QED) is 0.787. The molecule has 1 unspecified atom stereocenters. The molecule has 2 rings (SSSR count). The Hall–Kier alpha value is -1.10. The number of esters is 1. The van der Waals surface area contributed by atoms with Gasteiger partial charge >= 0.3 is 5.97 Å². The zero-order chi connectivity index (χ0) is 13.1. The lowest BCUT2D eigenvalue weighted by Crippen LogP contribution is -2.45. The molecular formula is C13H17BrN2O2. The van der Waals surface area contributed by atoms with Crippen molar-refractivity contribution in [1.29, 1.82) is 0 Å². The summed E-state index contributed by atoms with van der Waals surface area (Å²) in [5.41, 5.74) is 0.932. The molecule has 0 amide bonds. The van der Waals surface area contributed by atoms with Gasteiger partial charge in [-0.1, -0.05) is 0 Å². The van der Waals surface area contributed by atoms with Gasteiger partial charge < -0.3 is 9.64 Å². The van der Waals surface area contributed by atoms with E-state index in [0.29, 0.717) is 0 Å². The van der Waals surface area contributed by atoms with Crippen molar-refractivity contribution in [3.63, 3.8) is 0 Å². The van der Waals surface area contributed by atoms with E-state index in [0.717, 1.165) is 41.8 Å². The summed E-state index contributed by atoms with van der Waals surface area (Å²) < 4.78 is 5.86. The van der Waals surface area contributed by atoms with Crippen molar-refractivity contribution in [2.24, 2.45) is 0 Å². The van der Waals surface area contributed by atoms with Crippen LogP contribution in [0, 0.1) is 6.92 Å². The third-order valence-electron chi connectivity index (χ3n) is 3.28. The van der Waals surface area contributed by atoms with E-state index in [9.17, 15) is 4.79 Å². The number of aromatic nitrogens is 1. The zero-order valence-corrected chi connectivity index (χ0v) is 12.2. The van der Waals surface area contributed by atoms with Gasteiger partial charge in [0.05, 0.1) is 12.8 Å². The Labute approximate surface area is 115 Å². The average molecular weight is 313 g/mol. The lowest BCUT2D eigenvalue weighted by Gasteiger charge is -2.34. The fourth-order valence-electron chi connectivity index (χ4n) is 2.28. The fourth-order valence-corrected chi connectivity index (χ4v) is 2.50. The van der Waals surface area contributed by atoms with E-state index in [1.807, 2.05) is 19.1 Å². The van der Waals surface area contributed by atoms with Crippen molar-refractivity contribution in [1.82, 2.24) is 4.98 Å². The van der Waals surface area contributed by atoms with E-state index < -0.39 is 0 Å². The van der Waals surface area contributed by atoms with Crippen molar-refractivity contribution >= 4 is 27.7 Å². The Balaban J connectivity index is 2.27. The number of anilines is 1. The highest BCUT2D eigenvalue weighted by atomic mass is 79.9. The minimum atomic E-state index is -0.197. The number of ether oxygens (including phenoxy) is 1. The number of aryl methyl sites for hydroxylation is 1. The number of methoxy groups -OCH3 is 1. The molecule has 1 saturated heterocycles. The molecule has 0 N–H and O–H groups in total. The lowest BCUT2D eigenvalue weighted by molar-refractivity contribution is -0.142. The molecule has 0 spiro atoms. The van der Waals surface area contributed by atoms with E-state index >= 15 is 0 Å². The van der Waals surface area contributed by atoms with Gasteiger partial charge in [0.15, 0.2) is 0 Å². The molecule has 98 valence electrons. The summed E-state index contributed by atoms with van der Waals surface area (Å²) in [6, 6.07) is 3.72. The first-order valence-electron chi connectivity index (χ1n) is 6.11. The minimum Gasteiger partial charge on any atom is -0.467 e. The van der Waals surface area contributed by atoms with Crippen LogP contribution in [0.2, 0.25) is 0 Å². The Morgan fingerprint density at radius 3 is 2.94 bits per heavy atom. The number of carbonyl (C=O) groups is 1. The molecule has 1 fully saturated rings. The standard InChI is InChI=1S/C13H17BrN2O2/c1-9-10(14)6-7-12(15-9)16-8-4-3-5-11(16)13(17)18-2/h6-7,11H,3-5,8H2,1-2H3. The van der Waals surface area contributed by atoms with Crippen LogP contribution in [0.25, 0.3) is 0 Å². The summed E-state index contributed by atoms with van der Waals surface area (Å²) in [6.07, 6.45) is 2.99. The number of piperidine rings is 1. The van der Waals surface area contributed by atoms with Crippen molar-refractivity contribution in [3.05, 3.63) is 22.3 Å². The highest BCUT2D eigenvalue weighted by molar-refractivity contribution is 9.10. The molecule has 4 nitrogen and oxygen atoms in total. The first-order valence-corrected chi connectivity index (χ1v) is 6.90. The zero-order valence-electron chi connectivity index (χ0n) is 10.6.